The fourth-order valence-electron chi connectivity index (χ4n) is 8.36. The molecule has 0 radical (unpaired) electrons. The predicted octanol–water partition coefficient (Wildman–Crippen LogP) is 12.7. The van der Waals surface area contributed by atoms with Gasteiger partial charge in [-0.2, -0.15) is 0 Å². The minimum absolute atomic E-state index is 0.162. The summed E-state index contributed by atoms with van der Waals surface area (Å²) in [6.45, 7) is 4.82. The lowest BCUT2D eigenvalue weighted by Crippen LogP contribution is -2.15. The van der Waals surface area contributed by atoms with Crippen LogP contribution in [0.15, 0.2) is 150 Å². The Morgan fingerprint density at radius 1 is 0.391 bits per heavy atom. The van der Waals surface area contributed by atoms with E-state index in [1.165, 1.54) is 82.2 Å². The van der Waals surface area contributed by atoms with Crippen LogP contribution in [0.25, 0.3) is 87.6 Å². The number of rotatable bonds is 2. The van der Waals surface area contributed by atoms with Crippen molar-refractivity contribution >= 4 is 54.3 Å². The fourth-order valence-corrected chi connectivity index (χ4v) is 8.36. The maximum atomic E-state index is 6.21. The van der Waals surface area contributed by atoms with Crippen molar-refractivity contribution in [1.29, 1.82) is 0 Å². The maximum absolute atomic E-state index is 6.21. The zero-order chi connectivity index (χ0) is 30.6. The van der Waals surface area contributed by atoms with Gasteiger partial charge < -0.3 is 4.42 Å². The molecule has 0 spiro atoms. The van der Waals surface area contributed by atoms with Gasteiger partial charge in [0.15, 0.2) is 0 Å². The van der Waals surface area contributed by atoms with Crippen molar-refractivity contribution in [2.75, 3.05) is 0 Å². The van der Waals surface area contributed by atoms with Gasteiger partial charge in [0.2, 0.25) is 0 Å². The second-order valence-electron chi connectivity index (χ2n) is 13.2. The lowest BCUT2D eigenvalue weighted by Gasteiger charge is -2.25. The van der Waals surface area contributed by atoms with Gasteiger partial charge in [-0.3, -0.25) is 0 Å². The molecule has 0 aliphatic heterocycles. The Morgan fingerprint density at radius 2 is 0.978 bits per heavy atom. The van der Waals surface area contributed by atoms with Gasteiger partial charge >= 0.3 is 0 Å². The van der Waals surface area contributed by atoms with E-state index in [-0.39, 0.29) is 5.41 Å². The highest BCUT2D eigenvalue weighted by Crippen LogP contribution is 2.54. The number of furan rings is 1. The van der Waals surface area contributed by atoms with Crippen molar-refractivity contribution in [3.05, 3.63) is 157 Å². The Labute approximate surface area is 267 Å². The molecule has 1 nitrogen and oxygen atoms in total. The SMILES string of the molecule is CC1(C)c2cc(-c3cccc(-c4cccc5oc6ccccc6c45)c3)ccc2-c2ccc3c4ccccc4c4ccccc4c3c21. The van der Waals surface area contributed by atoms with E-state index in [4.69, 9.17) is 4.42 Å². The molecule has 9 aromatic rings. The van der Waals surface area contributed by atoms with Crippen LogP contribution in [0.2, 0.25) is 0 Å². The van der Waals surface area contributed by atoms with Crippen LogP contribution >= 0.6 is 0 Å². The Kier molecular flexibility index (Phi) is 5.12. The first kappa shape index (κ1) is 25.6. The summed E-state index contributed by atoms with van der Waals surface area (Å²) in [6, 6.07) is 53.3. The summed E-state index contributed by atoms with van der Waals surface area (Å²) in [7, 11) is 0. The highest BCUT2D eigenvalue weighted by atomic mass is 16.3. The summed E-state index contributed by atoms with van der Waals surface area (Å²) < 4.78 is 6.21. The molecular formula is C45H30O. The van der Waals surface area contributed by atoms with Crippen molar-refractivity contribution in [3.63, 3.8) is 0 Å². The maximum Gasteiger partial charge on any atom is 0.136 e. The Bertz CT molecular complexity index is 2690. The summed E-state index contributed by atoms with van der Waals surface area (Å²) in [5.41, 5.74) is 12.1. The van der Waals surface area contributed by atoms with Crippen LogP contribution in [0.5, 0.6) is 0 Å². The topological polar surface area (TPSA) is 13.1 Å². The standard InChI is InChI=1S/C45H30O/c1-45(2)39-26-28(27-11-9-12-29(25-27)30-18-10-20-41-42(30)38-17-7-8-19-40(38)46-41)21-22-34(39)37-24-23-36-33-15-4-3-13-31(33)32-14-5-6-16-35(32)43(36)44(37)45/h3-26H,1-2H3. The van der Waals surface area contributed by atoms with E-state index in [9.17, 15) is 0 Å². The normalized spacial score (nSPS) is 13.6. The van der Waals surface area contributed by atoms with Crippen molar-refractivity contribution in [2.45, 2.75) is 19.3 Å². The van der Waals surface area contributed by atoms with Crippen molar-refractivity contribution in [1.82, 2.24) is 0 Å². The molecule has 46 heavy (non-hydrogen) atoms. The molecule has 0 N–H and O–H groups in total. The summed E-state index contributed by atoms with van der Waals surface area (Å²) >= 11 is 0. The van der Waals surface area contributed by atoms with Gasteiger partial charge in [0.05, 0.1) is 0 Å². The predicted molar refractivity (Wildman–Crippen MR) is 195 cm³/mol. The van der Waals surface area contributed by atoms with Gasteiger partial charge in [-0.1, -0.05) is 135 Å². The molecular weight excluding hydrogens is 556 g/mol. The monoisotopic (exact) mass is 586 g/mol. The molecule has 0 saturated heterocycles. The first-order chi connectivity index (χ1) is 22.6. The molecule has 1 heterocycles. The molecule has 0 bridgehead atoms. The van der Waals surface area contributed by atoms with Crippen LogP contribution in [-0.4, -0.2) is 0 Å². The third-order valence-corrected chi connectivity index (χ3v) is 10.4. The summed E-state index contributed by atoms with van der Waals surface area (Å²) in [6.07, 6.45) is 0. The second-order valence-corrected chi connectivity index (χ2v) is 13.2. The van der Waals surface area contributed by atoms with E-state index in [1.807, 2.05) is 12.1 Å². The van der Waals surface area contributed by atoms with E-state index in [1.54, 1.807) is 0 Å². The molecule has 0 amide bonds. The van der Waals surface area contributed by atoms with E-state index < -0.39 is 0 Å². The molecule has 8 aromatic carbocycles. The van der Waals surface area contributed by atoms with Gasteiger partial charge in [0, 0.05) is 16.2 Å². The summed E-state index contributed by atoms with van der Waals surface area (Å²) in [5.74, 6) is 0. The zero-order valence-corrected chi connectivity index (χ0v) is 25.8. The van der Waals surface area contributed by atoms with E-state index in [2.05, 4.69) is 147 Å². The Hall–Kier alpha value is -5.66. The van der Waals surface area contributed by atoms with Crippen molar-refractivity contribution in [2.24, 2.45) is 0 Å². The third kappa shape index (κ3) is 3.40. The second kappa shape index (κ2) is 9.19. The number of benzene rings is 8. The van der Waals surface area contributed by atoms with Crippen LogP contribution in [0.1, 0.15) is 25.0 Å². The van der Waals surface area contributed by atoms with Crippen LogP contribution in [-0.2, 0) is 5.41 Å². The van der Waals surface area contributed by atoms with Crippen LogP contribution in [0.3, 0.4) is 0 Å². The third-order valence-electron chi connectivity index (χ3n) is 10.4. The van der Waals surface area contributed by atoms with Gasteiger partial charge in [0.25, 0.3) is 0 Å². The van der Waals surface area contributed by atoms with Crippen molar-refractivity contribution in [3.8, 4) is 33.4 Å². The molecule has 0 fully saturated rings. The number of fused-ring (bicyclic) bond motifs is 13. The molecule has 0 atom stereocenters. The highest BCUT2D eigenvalue weighted by molar-refractivity contribution is 6.27. The minimum Gasteiger partial charge on any atom is -0.456 e. The zero-order valence-electron chi connectivity index (χ0n) is 25.8. The smallest absolute Gasteiger partial charge is 0.136 e. The Balaban J connectivity index is 1.16. The first-order valence-corrected chi connectivity index (χ1v) is 16.1. The van der Waals surface area contributed by atoms with Gasteiger partial charge in [-0.15, -0.1) is 0 Å². The quantitative estimate of drug-likeness (QED) is 0.184. The molecule has 0 saturated carbocycles. The van der Waals surface area contributed by atoms with Crippen molar-refractivity contribution < 1.29 is 4.42 Å². The molecule has 1 aliphatic carbocycles. The van der Waals surface area contributed by atoms with Gasteiger partial charge in [-0.25, -0.2) is 0 Å². The number of para-hydroxylation sites is 1. The average Bonchev–Trinajstić information content (AvgIpc) is 3.60. The van der Waals surface area contributed by atoms with Crippen LogP contribution < -0.4 is 0 Å². The molecule has 1 aliphatic rings. The van der Waals surface area contributed by atoms with E-state index in [0.29, 0.717) is 0 Å². The van der Waals surface area contributed by atoms with E-state index in [0.717, 1.165) is 16.6 Å². The van der Waals surface area contributed by atoms with Crippen LogP contribution in [0, 0.1) is 0 Å². The van der Waals surface area contributed by atoms with Crippen LogP contribution in [0.4, 0.5) is 0 Å². The lowest BCUT2D eigenvalue weighted by atomic mass is 9.78. The highest BCUT2D eigenvalue weighted by Gasteiger charge is 2.38. The number of hydrogen-bond acceptors (Lipinski definition) is 1. The van der Waals surface area contributed by atoms with Gasteiger partial charge in [-0.05, 0) is 101 Å². The average molecular weight is 587 g/mol. The molecule has 1 heteroatoms. The lowest BCUT2D eigenvalue weighted by molar-refractivity contribution is 0.667. The molecule has 216 valence electrons. The van der Waals surface area contributed by atoms with Gasteiger partial charge in [0.1, 0.15) is 11.2 Å². The molecule has 10 rings (SSSR count). The Morgan fingerprint density at radius 3 is 1.78 bits per heavy atom. The first-order valence-electron chi connectivity index (χ1n) is 16.1. The molecule has 0 unspecified atom stereocenters. The fraction of sp³-hybridized carbons (Fsp3) is 0.0667. The summed E-state index contributed by atoms with van der Waals surface area (Å²) in [4.78, 5) is 0. The molecule has 1 aromatic heterocycles. The summed E-state index contributed by atoms with van der Waals surface area (Å²) in [5, 5.41) is 10.4. The minimum atomic E-state index is -0.162. The number of hydrogen-bond donors (Lipinski definition) is 0. The van der Waals surface area contributed by atoms with E-state index >= 15 is 0 Å². The largest absolute Gasteiger partial charge is 0.456 e.